The van der Waals surface area contributed by atoms with Crippen LogP contribution in [0.5, 0.6) is 0 Å². The lowest BCUT2D eigenvalue weighted by molar-refractivity contribution is 0.146. The lowest BCUT2D eigenvalue weighted by atomic mass is 9.59. The molecule has 1 aliphatic carbocycles. The summed E-state index contributed by atoms with van der Waals surface area (Å²) in [6, 6.07) is 54.4. The smallest absolute Gasteiger partial charge is 0.0464 e. The van der Waals surface area contributed by atoms with E-state index in [0.29, 0.717) is 5.41 Å². The van der Waals surface area contributed by atoms with Crippen molar-refractivity contribution in [2.45, 2.75) is 79.6 Å². The molecule has 2 nitrogen and oxygen atoms in total. The van der Waals surface area contributed by atoms with Crippen molar-refractivity contribution in [1.82, 2.24) is 0 Å². The molecule has 0 N–H and O–H groups in total. The van der Waals surface area contributed by atoms with Crippen LogP contribution in [0.1, 0.15) is 79.8 Å². The van der Waals surface area contributed by atoms with E-state index in [2.05, 4.69) is 204 Å². The number of hydrogen-bond acceptors (Lipinski definition) is 2. The fraction of sp³-hybridized carbons (Fsp3) is 0.280. The van der Waals surface area contributed by atoms with Crippen molar-refractivity contribution in [3.8, 4) is 0 Å². The fourth-order valence-corrected chi connectivity index (χ4v) is 8.54. The van der Waals surface area contributed by atoms with Crippen LogP contribution in [0.4, 0.5) is 34.1 Å². The third-order valence-corrected chi connectivity index (χ3v) is 11.5. The van der Waals surface area contributed by atoms with E-state index in [1.54, 1.807) is 0 Å². The number of nitrogens with zero attached hydrogens (tertiary/aromatic N) is 2. The molecule has 0 unspecified atom stereocenters. The molecule has 0 spiro atoms. The van der Waals surface area contributed by atoms with Crippen LogP contribution in [0.15, 0.2) is 146 Å². The summed E-state index contributed by atoms with van der Waals surface area (Å²) < 4.78 is 0. The molecule has 0 radical (unpaired) electrons. The van der Waals surface area contributed by atoms with Gasteiger partial charge in [0.05, 0.1) is 0 Å². The van der Waals surface area contributed by atoms with Crippen molar-refractivity contribution in [1.29, 1.82) is 0 Å². The maximum atomic E-state index is 2.42. The topological polar surface area (TPSA) is 6.48 Å². The molecule has 7 rings (SSSR count). The molecule has 0 heterocycles. The van der Waals surface area contributed by atoms with Crippen molar-refractivity contribution >= 4 is 34.1 Å². The SMILES string of the molecule is Cc1cccc(N(c2ccc(C3(c4ccc(N(c5cccc(C)c5)c5cccc(C)c5)cc4)CCC(C(C)(C)C)CC3)cc2)c2cccc(C)c2)c1. The average Bonchev–Trinajstić information content (AvgIpc) is 3.12. The van der Waals surface area contributed by atoms with Gasteiger partial charge in [0.25, 0.3) is 0 Å². The first-order chi connectivity index (χ1) is 25.0. The Kier molecular flexibility index (Phi) is 9.86. The lowest BCUT2D eigenvalue weighted by Gasteiger charge is -2.45. The summed E-state index contributed by atoms with van der Waals surface area (Å²) in [7, 11) is 0. The van der Waals surface area contributed by atoms with Crippen LogP contribution in [0.3, 0.4) is 0 Å². The maximum absolute atomic E-state index is 2.42. The van der Waals surface area contributed by atoms with Crippen molar-refractivity contribution in [3.63, 3.8) is 0 Å². The summed E-state index contributed by atoms with van der Waals surface area (Å²) in [6.45, 7) is 16.0. The molecule has 2 heteroatoms. The zero-order valence-corrected chi connectivity index (χ0v) is 32.2. The Bertz CT molecular complexity index is 1890. The van der Waals surface area contributed by atoms with Gasteiger partial charge in [0.2, 0.25) is 0 Å². The van der Waals surface area contributed by atoms with Gasteiger partial charge in [0, 0.05) is 39.5 Å². The van der Waals surface area contributed by atoms with Gasteiger partial charge >= 0.3 is 0 Å². The predicted octanol–water partition coefficient (Wildman–Crippen LogP) is 14.4. The molecule has 1 fully saturated rings. The Morgan fingerprint density at radius 2 is 0.731 bits per heavy atom. The largest absolute Gasteiger partial charge is 0.310 e. The molecule has 1 aliphatic rings. The molecule has 52 heavy (non-hydrogen) atoms. The minimum Gasteiger partial charge on any atom is -0.310 e. The first kappa shape index (κ1) is 35.3. The van der Waals surface area contributed by atoms with Crippen LogP contribution in [0, 0.1) is 39.0 Å². The second-order valence-corrected chi connectivity index (χ2v) is 16.3. The van der Waals surface area contributed by atoms with Crippen LogP contribution >= 0.6 is 0 Å². The Morgan fingerprint density at radius 1 is 0.423 bits per heavy atom. The van der Waals surface area contributed by atoms with Crippen LogP contribution in [-0.2, 0) is 5.41 Å². The van der Waals surface area contributed by atoms with Crippen molar-refractivity contribution < 1.29 is 0 Å². The summed E-state index contributed by atoms with van der Waals surface area (Å²) in [6.07, 6.45) is 4.74. The highest BCUT2D eigenvalue weighted by atomic mass is 15.1. The Morgan fingerprint density at radius 3 is 1.00 bits per heavy atom. The van der Waals surface area contributed by atoms with E-state index < -0.39 is 0 Å². The first-order valence-electron chi connectivity index (χ1n) is 19.1. The van der Waals surface area contributed by atoms with E-state index in [1.807, 2.05) is 0 Å². The second kappa shape index (κ2) is 14.5. The van der Waals surface area contributed by atoms with Gasteiger partial charge in [-0.2, -0.15) is 0 Å². The quantitative estimate of drug-likeness (QED) is 0.158. The third kappa shape index (κ3) is 7.30. The van der Waals surface area contributed by atoms with E-state index in [4.69, 9.17) is 0 Å². The minimum absolute atomic E-state index is 0.0478. The number of aryl methyl sites for hydroxylation is 4. The van der Waals surface area contributed by atoms with Crippen LogP contribution in [-0.4, -0.2) is 0 Å². The van der Waals surface area contributed by atoms with Gasteiger partial charge in [0.15, 0.2) is 0 Å². The van der Waals surface area contributed by atoms with E-state index in [9.17, 15) is 0 Å². The molecule has 264 valence electrons. The fourth-order valence-electron chi connectivity index (χ4n) is 8.54. The summed E-state index contributed by atoms with van der Waals surface area (Å²) >= 11 is 0. The Balaban J connectivity index is 1.29. The van der Waals surface area contributed by atoms with Gasteiger partial charge in [-0.3, -0.25) is 0 Å². The summed E-state index contributed by atoms with van der Waals surface area (Å²) in [4.78, 5) is 4.79. The molecule has 6 aromatic carbocycles. The Hall–Kier alpha value is -5.08. The lowest BCUT2D eigenvalue weighted by Crippen LogP contribution is -2.36. The summed E-state index contributed by atoms with van der Waals surface area (Å²) in [5.41, 5.74) is 15.2. The molecule has 1 saturated carbocycles. The number of hydrogen-bond donors (Lipinski definition) is 0. The predicted molar refractivity (Wildman–Crippen MR) is 223 cm³/mol. The number of rotatable bonds is 8. The molecule has 0 aromatic heterocycles. The molecule has 0 bridgehead atoms. The summed E-state index contributed by atoms with van der Waals surface area (Å²) in [5.74, 6) is 0.718. The van der Waals surface area contributed by atoms with Crippen molar-refractivity contribution in [2.24, 2.45) is 11.3 Å². The zero-order chi connectivity index (χ0) is 36.5. The van der Waals surface area contributed by atoms with Crippen molar-refractivity contribution in [3.05, 3.63) is 179 Å². The average molecular weight is 683 g/mol. The first-order valence-corrected chi connectivity index (χ1v) is 19.1. The maximum Gasteiger partial charge on any atom is 0.0464 e. The Labute approximate surface area is 312 Å². The molecule has 0 amide bonds. The standard InChI is InChI=1S/C50H54N2/c1-36-12-8-16-45(32-36)51(46-17-9-13-37(2)33-46)43-24-20-41(21-25-43)50(30-28-40(29-31-50)49(5,6)7)42-22-26-44(27-23-42)52(47-18-10-14-38(3)34-47)48-19-11-15-39(4)35-48/h8-27,32-35,40H,28-31H2,1-7H3. The number of benzene rings is 6. The van der Waals surface area contributed by atoms with Gasteiger partial charge < -0.3 is 9.80 Å². The van der Waals surface area contributed by atoms with E-state index in [0.717, 1.165) is 18.8 Å². The van der Waals surface area contributed by atoms with Gasteiger partial charge in [-0.05, 0) is 171 Å². The zero-order valence-electron chi connectivity index (χ0n) is 32.2. The minimum atomic E-state index is -0.0478. The highest BCUT2D eigenvalue weighted by molar-refractivity contribution is 5.78. The van der Waals surface area contributed by atoms with E-state index in [-0.39, 0.29) is 5.41 Å². The highest BCUT2D eigenvalue weighted by Gasteiger charge is 2.41. The van der Waals surface area contributed by atoms with Gasteiger partial charge in [-0.15, -0.1) is 0 Å². The van der Waals surface area contributed by atoms with Crippen LogP contribution in [0.2, 0.25) is 0 Å². The summed E-state index contributed by atoms with van der Waals surface area (Å²) in [5, 5.41) is 0. The van der Waals surface area contributed by atoms with Crippen LogP contribution < -0.4 is 9.80 Å². The van der Waals surface area contributed by atoms with Crippen molar-refractivity contribution in [2.75, 3.05) is 9.80 Å². The molecular weight excluding hydrogens is 629 g/mol. The van der Waals surface area contributed by atoms with Gasteiger partial charge in [-0.25, -0.2) is 0 Å². The molecule has 0 aliphatic heterocycles. The monoisotopic (exact) mass is 682 g/mol. The van der Waals surface area contributed by atoms with Crippen LogP contribution in [0.25, 0.3) is 0 Å². The number of anilines is 6. The van der Waals surface area contributed by atoms with E-state index in [1.165, 1.54) is 80.3 Å². The highest BCUT2D eigenvalue weighted by Crippen LogP contribution is 2.51. The van der Waals surface area contributed by atoms with E-state index >= 15 is 0 Å². The third-order valence-electron chi connectivity index (χ3n) is 11.5. The van der Waals surface area contributed by atoms with Gasteiger partial charge in [0.1, 0.15) is 0 Å². The second-order valence-electron chi connectivity index (χ2n) is 16.3. The normalized spacial score (nSPS) is 14.6. The molecule has 0 saturated heterocycles. The molecule has 6 aromatic rings. The van der Waals surface area contributed by atoms with Gasteiger partial charge in [-0.1, -0.05) is 93.6 Å². The molecule has 0 atom stereocenters. The molecular formula is C50H54N2.